The lowest BCUT2D eigenvalue weighted by atomic mass is 9.70. The molecule has 0 bridgehead atoms. The number of rotatable bonds is 1. The number of hydrogen-bond acceptors (Lipinski definition) is 4. The van der Waals surface area contributed by atoms with Gasteiger partial charge in [-0.3, -0.25) is 9.59 Å². The number of benzene rings is 1. The van der Waals surface area contributed by atoms with Crippen LogP contribution >= 0.6 is 0 Å². The maximum Gasteiger partial charge on any atom is 0.195 e. The smallest absolute Gasteiger partial charge is 0.195 e. The van der Waals surface area contributed by atoms with Crippen molar-refractivity contribution in [3.63, 3.8) is 0 Å². The van der Waals surface area contributed by atoms with Gasteiger partial charge in [-0.1, -0.05) is 26.0 Å². The number of allylic oxidation sites excluding steroid dienone is 1. The van der Waals surface area contributed by atoms with E-state index in [1.165, 1.54) is 19.1 Å². The van der Waals surface area contributed by atoms with Crippen LogP contribution in [-0.4, -0.2) is 21.7 Å². The molecule has 2 aromatic rings. The van der Waals surface area contributed by atoms with Gasteiger partial charge in [0.2, 0.25) is 0 Å². The van der Waals surface area contributed by atoms with Crippen LogP contribution in [0.2, 0.25) is 0 Å². The van der Waals surface area contributed by atoms with Gasteiger partial charge in [-0.25, -0.2) is 0 Å². The Labute approximate surface area is 151 Å². The highest BCUT2D eigenvalue weighted by Gasteiger charge is 2.42. The molecule has 2 aliphatic rings. The SMILES string of the molecule is CC(=O)c1cc2c(cc1O)C(C)(C)c1[nH]c3c(c1C2=O)C=CC(C#N)C3. The van der Waals surface area contributed by atoms with Crippen molar-refractivity contribution < 1.29 is 14.7 Å². The van der Waals surface area contributed by atoms with Crippen LogP contribution in [0.4, 0.5) is 0 Å². The summed E-state index contributed by atoms with van der Waals surface area (Å²) in [6.07, 6.45) is 4.20. The molecule has 0 amide bonds. The van der Waals surface area contributed by atoms with Gasteiger partial charge in [0.15, 0.2) is 11.6 Å². The average Bonchev–Trinajstić information content (AvgIpc) is 2.99. The van der Waals surface area contributed by atoms with Crippen LogP contribution in [0.1, 0.15) is 69.6 Å². The minimum atomic E-state index is -0.543. The fourth-order valence-electron chi connectivity index (χ4n) is 4.05. The lowest BCUT2D eigenvalue weighted by Gasteiger charge is -2.32. The van der Waals surface area contributed by atoms with E-state index >= 15 is 0 Å². The summed E-state index contributed by atoms with van der Waals surface area (Å²) in [5, 5.41) is 19.4. The number of carbonyl (C=O) groups is 2. The number of aromatic amines is 1. The summed E-state index contributed by atoms with van der Waals surface area (Å²) in [6, 6.07) is 5.27. The van der Waals surface area contributed by atoms with Crippen molar-refractivity contribution in [2.45, 2.75) is 32.6 Å². The van der Waals surface area contributed by atoms with Gasteiger partial charge < -0.3 is 10.1 Å². The van der Waals surface area contributed by atoms with Crippen molar-refractivity contribution in [1.82, 2.24) is 4.98 Å². The van der Waals surface area contributed by atoms with Crippen molar-refractivity contribution in [3.8, 4) is 11.8 Å². The molecular weight excluding hydrogens is 328 g/mol. The fraction of sp³-hybridized carbons (Fsp3) is 0.286. The van der Waals surface area contributed by atoms with E-state index in [0.29, 0.717) is 23.1 Å². The number of H-pyrrole nitrogens is 1. The Morgan fingerprint density at radius 2 is 2.12 bits per heavy atom. The summed E-state index contributed by atoms with van der Waals surface area (Å²) in [6.45, 7) is 5.34. The molecule has 26 heavy (non-hydrogen) atoms. The quantitative estimate of drug-likeness (QED) is 0.773. The van der Waals surface area contributed by atoms with Gasteiger partial charge in [0.25, 0.3) is 0 Å². The highest BCUT2D eigenvalue weighted by Crippen LogP contribution is 2.45. The average molecular weight is 346 g/mol. The second-order valence-corrected chi connectivity index (χ2v) is 7.49. The first-order chi connectivity index (χ1) is 12.3. The molecule has 0 saturated carbocycles. The molecule has 2 aliphatic carbocycles. The molecule has 2 N–H and O–H groups in total. The topological polar surface area (TPSA) is 93.9 Å². The third kappa shape index (κ3) is 2.02. The van der Waals surface area contributed by atoms with Crippen LogP contribution in [-0.2, 0) is 11.8 Å². The molecule has 1 aromatic heterocycles. The van der Waals surface area contributed by atoms with Crippen LogP contribution in [0.5, 0.6) is 5.75 Å². The minimum Gasteiger partial charge on any atom is -0.507 e. The zero-order valence-electron chi connectivity index (χ0n) is 14.8. The maximum atomic E-state index is 13.3. The van der Waals surface area contributed by atoms with Crippen LogP contribution in [0, 0.1) is 17.2 Å². The van der Waals surface area contributed by atoms with Gasteiger partial charge in [0.1, 0.15) is 5.75 Å². The van der Waals surface area contributed by atoms with E-state index < -0.39 is 5.41 Å². The summed E-state index contributed by atoms with van der Waals surface area (Å²) < 4.78 is 0. The molecule has 1 aromatic carbocycles. The Balaban J connectivity index is 1.98. The summed E-state index contributed by atoms with van der Waals surface area (Å²) in [5.74, 6) is -0.762. The van der Waals surface area contributed by atoms with Gasteiger partial charge in [0.05, 0.1) is 23.1 Å². The third-order valence-corrected chi connectivity index (χ3v) is 5.49. The normalized spacial score (nSPS) is 19.3. The Hall–Kier alpha value is -3.13. The number of carbonyl (C=O) groups excluding carboxylic acids is 2. The van der Waals surface area contributed by atoms with E-state index in [1.54, 1.807) is 0 Å². The van der Waals surface area contributed by atoms with Gasteiger partial charge in [-0.2, -0.15) is 5.26 Å². The van der Waals surface area contributed by atoms with E-state index in [1.807, 2.05) is 26.0 Å². The zero-order valence-corrected chi connectivity index (χ0v) is 14.8. The second kappa shape index (κ2) is 5.18. The van der Waals surface area contributed by atoms with E-state index in [2.05, 4.69) is 11.1 Å². The zero-order chi connectivity index (χ0) is 18.8. The van der Waals surface area contributed by atoms with Gasteiger partial charge >= 0.3 is 0 Å². The van der Waals surface area contributed by atoms with Crippen molar-refractivity contribution in [2.24, 2.45) is 5.92 Å². The first-order valence-corrected chi connectivity index (χ1v) is 8.52. The van der Waals surface area contributed by atoms with E-state index in [-0.39, 0.29) is 28.8 Å². The van der Waals surface area contributed by atoms with E-state index in [0.717, 1.165) is 17.0 Å². The van der Waals surface area contributed by atoms with Gasteiger partial charge in [0, 0.05) is 34.4 Å². The molecule has 0 aliphatic heterocycles. The lowest BCUT2D eigenvalue weighted by molar-refractivity contribution is 0.101. The number of nitrogens with zero attached hydrogens (tertiary/aromatic N) is 1. The first kappa shape index (κ1) is 16.3. The summed E-state index contributed by atoms with van der Waals surface area (Å²) >= 11 is 0. The molecule has 1 unspecified atom stereocenters. The molecule has 0 radical (unpaired) electrons. The predicted octanol–water partition coefficient (Wildman–Crippen LogP) is 3.50. The second-order valence-electron chi connectivity index (χ2n) is 7.49. The monoisotopic (exact) mass is 346 g/mol. The molecule has 5 heteroatoms. The minimum absolute atomic E-state index is 0.110. The number of nitrogens with one attached hydrogen (secondary N) is 1. The number of phenolic OH excluding ortho intramolecular Hbond substituents is 1. The number of ketones is 2. The van der Waals surface area contributed by atoms with Gasteiger partial charge in [-0.15, -0.1) is 0 Å². The molecule has 0 saturated heterocycles. The largest absolute Gasteiger partial charge is 0.507 e. The number of aromatic nitrogens is 1. The number of hydrogen-bond donors (Lipinski definition) is 2. The number of nitriles is 1. The number of Topliss-reactive ketones (excluding diaryl/α,β-unsaturated/α-hetero) is 1. The third-order valence-electron chi connectivity index (χ3n) is 5.49. The molecule has 0 fully saturated rings. The molecule has 0 spiro atoms. The molecular formula is C21H18N2O3. The molecule has 1 atom stereocenters. The van der Waals surface area contributed by atoms with Crippen LogP contribution in [0.3, 0.4) is 0 Å². The van der Waals surface area contributed by atoms with Crippen molar-refractivity contribution >= 4 is 17.6 Å². The first-order valence-electron chi connectivity index (χ1n) is 8.52. The Morgan fingerprint density at radius 1 is 1.38 bits per heavy atom. The van der Waals surface area contributed by atoms with Crippen LogP contribution in [0.15, 0.2) is 18.2 Å². The molecule has 130 valence electrons. The molecule has 5 nitrogen and oxygen atoms in total. The number of phenols is 1. The Bertz CT molecular complexity index is 1060. The highest BCUT2D eigenvalue weighted by molar-refractivity contribution is 6.16. The predicted molar refractivity (Wildman–Crippen MR) is 96.3 cm³/mol. The molecule has 4 rings (SSSR count). The van der Waals surface area contributed by atoms with Gasteiger partial charge in [-0.05, 0) is 24.6 Å². The lowest BCUT2D eigenvalue weighted by Crippen LogP contribution is -2.30. The van der Waals surface area contributed by atoms with Crippen LogP contribution in [0.25, 0.3) is 6.08 Å². The fourth-order valence-corrected chi connectivity index (χ4v) is 4.05. The van der Waals surface area contributed by atoms with E-state index in [4.69, 9.17) is 0 Å². The summed E-state index contributed by atoms with van der Waals surface area (Å²) in [7, 11) is 0. The number of fused-ring (bicyclic) bond motifs is 4. The van der Waals surface area contributed by atoms with Crippen molar-refractivity contribution in [2.75, 3.05) is 0 Å². The summed E-state index contributed by atoms with van der Waals surface area (Å²) in [5.41, 5.74) is 3.85. The van der Waals surface area contributed by atoms with E-state index in [9.17, 15) is 20.0 Å². The maximum absolute atomic E-state index is 13.3. The van der Waals surface area contributed by atoms with Crippen molar-refractivity contribution in [3.05, 3.63) is 57.4 Å². The number of aromatic hydroxyl groups is 1. The Morgan fingerprint density at radius 3 is 2.77 bits per heavy atom. The molecule has 1 heterocycles. The Kier molecular flexibility index (Phi) is 3.26. The highest BCUT2D eigenvalue weighted by atomic mass is 16.3. The van der Waals surface area contributed by atoms with Crippen LogP contribution < -0.4 is 0 Å². The standard InChI is InChI=1S/C21H18N2O3/c1-10(24)13-7-14-15(8-17(13)25)21(2,3)20-18(19(14)26)12-5-4-11(9-22)6-16(12)23-20/h4-5,7-8,11,23,25H,6H2,1-3H3. The van der Waals surface area contributed by atoms with Crippen molar-refractivity contribution in [1.29, 1.82) is 5.26 Å². The summed E-state index contributed by atoms with van der Waals surface area (Å²) in [4.78, 5) is 28.4.